The van der Waals surface area contributed by atoms with Crippen molar-refractivity contribution in [1.82, 2.24) is 15.1 Å². The Labute approximate surface area is 185 Å². The molecule has 0 atom stereocenters. The summed E-state index contributed by atoms with van der Waals surface area (Å²) in [5.74, 6) is 2.20. The summed E-state index contributed by atoms with van der Waals surface area (Å²) in [6, 6.07) is 15.3. The van der Waals surface area contributed by atoms with Gasteiger partial charge in [0.1, 0.15) is 23.0 Å². The SMILES string of the molecule is COc1ccc(OCC(=O)NCCn2nc(-c3cc(OC)ccc3OC)ccc2=O)cc1. The van der Waals surface area contributed by atoms with Crippen LogP contribution in [0.5, 0.6) is 23.0 Å². The summed E-state index contributed by atoms with van der Waals surface area (Å²) in [6.45, 7) is 0.277. The maximum Gasteiger partial charge on any atom is 0.266 e. The Morgan fingerprint density at radius 1 is 0.906 bits per heavy atom. The Balaban J connectivity index is 1.59. The van der Waals surface area contributed by atoms with E-state index < -0.39 is 0 Å². The van der Waals surface area contributed by atoms with Gasteiger partial charge in [-0.3, -0.25) is 9.59 Å². The van der Waals surface area contributed by atoms with Crippen molar-refractivity contribution in [2.45, 2.75) is 6.54 Å². The van der Waals surface area contributed by atoms with E-state index in [1.807, 2.05) is 0 Å². The van der Waals surface area contributed by atoms with E-state index in [0.29, 0.717) is 34.3 Å². The van der Waals surface area contributed by atoms with E-state index in [1.165, 1.54) is 10.7 Å². The number of methoxy groups -OCH3 is 3. The van der Waals surface area contributed by atoms with Crippen molar-refractivity contribution in [3.05, 3.63) is 65.0 Å². The Morgan fingerprint density at radius 2 is 1.59 bits per heavy atom. The molecule has 2 aromatic carbocycles. The maximum atomic E-state index is 12.2. The van der Waals surface area contributed by atoms with Crippen LogP contribution in [-0.4, -0.2) is 50.2 Å². The van der Waals surface area contributed by atoms with Crippen LogP contribution in [-0.2, 0) is 11.3 Å². The third-order valence-electron chi connectivity index (χ3n) is 4.62. The molecule has 1 aromatic heterocycles. The highest BCUT2D eigenvalue weighted by Crippen LogP contribution is 2.31. The lowest BCUT2D eigenvalue weighted by Gasteiger charge is -2.12. The molecule has 0 aliphatic carbocycles. The number of aromatic nitrogens is 2. The molecule has 1 N–H and O–H groups in total. The molecule has 9 heteroatoms. The van der Waals surface area contributed by atoms with Crippen molar-refractivity contribution in [2.24, 2.45) is 0 Å². The van der Waals surface area contributed by atoms with Crippen molar-refractivity contribution >= 4 is 5.91 Å². The molecule has 0 saturated carbocycles. The summed E-state index contributed by atoms with van der Waals surface area (Å²) in [7, 11) is 4.71. The third-order valence-corrected chi connectivity index (χ3v) is 4.62. The van der Waals surface area contributed by atoms with Crippen LogP contribution in [0.2, 0.25) is 0 Å². The van der Waals surface area contributed by atoms with Crippen molar-refractivity contribution < 1.29 is 23.7 Å². The third kappa shape index (κ3) is 5.78. The lowest BCUT2D eigenvalue weighted by Crippen LogP contribution is -2.34. The summed E-state index contributed by atoms with van der Waals surface area (Å²) in [6.07, 6.45) is 0. The van der Waals surface area contributed by atoms with E-state index >= 15 is 0 Å². The van der Waals surface area contributed by atoms with Crippen LogP contribution < -0.4 is 29.8 Å². The summed E-state index contributed by atoms with van der Waals surface area (Å²) in [4.78, 5) is 24.3. The predicted octanol–water partition coefficient (Wildman–Crippen LogP) is 2.13. The Hall–Kier alpha value is -4.01. The average Bonchev–Trinajstić information content (AvgIpc) is 2.83. The molecule has 32 heavy (non-hydrogen) atoms. The molecule has 3 aromatic rings. The summed E-state index contributed by atoms with van der Waals surface area (Å²) in [5, 5.41) is 7.13. The molecular formula is C23H25N3O6. The number of ether oxygens (including phenoxy) is 4. The normalized spacial score (nSPS) is 10.3. The molecule has 1 heterocycles. The number of benzene rings is 2. The zero-order chi connectivity index (χ0) is 22.9. The van der Waals surface area contributed by atoms with Gasteiger partial charge in [-0.1, -0.05) is 0 Å². The minimum absolute atomic E-state index is 0.143. The minimum Gasteiger partial charge on any atom is -0.497 e. The fraction of sp³-hybridized carbons (Fsp3) is 0.261. The maximum absolute atomic E-state index is 12.2. The average molecular weight is 439 g/mol. The first-order chi connectivity index (χ1) is 15.5. The Morgan fingerprint density at radius 3 is 2.28 bits per heavy atom. The first kappa shape index (κ1) is 22.7. The van der Waals surface area contributed by atoms with Gasteiger partial charge in [-0.2, -0.15) is 5.10 Å². The van der Waals surface area contributed by atoms with Gasteiger partial charge in [-0.05, 0) is 48.5 Å². The van der Waals surface area contributed by atoms with Crippen molar-refractivity contribution in [1.29, 1.82) is 0 Å². The molecule has 0 fully saturated rings. The first-order valence-corrected chi connectivity index (χ1v) is 9.88. The Kier molecular flexibility index (Phi) is 7.69. The number of rotatable bonds is 10. The topological polar surface area (TPSA) is 101 Å². The summed E-state index contributed by atoms with van der Waals surface area (Å²) in [5.41, 5.74) is 0.964. The standard InChI is InChI=1S/C23H25N3O6/c1-29-16-4-6-17(7-5-16)32-15-22(27)24-12-13-26-23(28)11-9-20(25-26)19-14-18(30-2)8-10-21(19)31-3/h4-11,14H,12-13,15H2,1-3H3,(H,24,27). The summed E-state index contributed by atoms with van der Waals surface area (Å²) >= 11 is 0. The molecule has 0 aliphatic heterocycles. The lowest BCUT2D eigenvalue weighted by atomic mass is 10.1. The quantitative estimate of drug-likeness (QED) is 0.516. The highest BCUT2D eigenvalue weighted by atomic mass is 16.5. The van der Waals surface area contributed by atoms with E-state index in [9.17, 15) is 9.59 Å². The van der Waals surface area contributed by atoms with Gasteiger partial charge in [-0.15, -0.1) is 0 Å². The number of nitrogens with zero attached hydrogens (tertiary/aromatic N) is 2. The first-order valence-electron chi connectivity index (χ1n) is 9.88. The molecule has 0 bridgehead atoms. The van der Waals surface area contributed by atoms with Gasteiger partial charge in [0.05, 0.1) is 33.6 Å². The summed E-state index contributed by atoms with van der Waals surface area (Å²) < 4.78 is 22.5. The van der Waals surface area contributed by atoms with E-state index in [1.54, 1.807) is 69.9 Å². The second-order valence-corrected chi connectivity index (χ2v) is 6.66. The molecule has 0 spiro atoms. The number of hydrogen-bond acceptors (Lipinski definition) is 7. The molecular weight excluding hydrogens is 414 g/mol. The highest BCUT2D eigenvalue weighted by molar-refractivity contribution is 5.77. The monoisotopic (exact) mass is 439 g/mol. The van der Waals surface area contributed by atoms with Crippen LogP contribution >= 0.6 is 0 Å². The van der Waals surface area contributed by atoms with Crippen LogP contribution in [0, 0.1) is 0 Å². The molecule has 168 valence electrons. The number of hydrogen-bond donors (Lipinski definition) is 1. The van der Waals surface area contributed by atoms with Gasteiger partial charge in [0.25, 0.3) is 11.5 Å². The minimum atomic E-state index is -0.306. The van der Waals surface area contributed by atoms with Gasteiger partial charge >= 0.3 is 0 Å². The van der Waals surface area contributed by atoms with Crippen LogP contribution in [0.1, 0.15) is 0 Å². The van der Waals surface area contributed by atoms with E-state index in [4.69, 9.17) is 18.9 Å². The lowest BCUT2D eigenvalue weighted by molar-refractivity contribution is -0.123. The Bertz CT molecular complexity index is 1110. The molecule has 0 aliphatic rings. The fourth-order valence-electron chi connectivity index (χ4n) is 2.94. The smallest absolute Gasteiger partial charge is 0.266 e. The van der Waals surface area contributed by atoms with Gasteiger partial charge < -0.3 is 24.3 Å². The van der Waals surface area contributed by atoms with E-state index in [-0.39, 0.29) is 31.2 Å². The second kappa shape index (κ2) is 10.9. The number of nitrogens with one attached hydrogen (secondary N) is 1. The van der Waals surface area contributed by atoms with Crippen LogP contribution in [0.25, 0.3) is 11.3 Å². The fourth-order valence-corrected chi connectivity index (χ4v) is 2.94. The largest absolute Gasteiger partial charge is 0.497 e. The van der Waals surface area contributed by atoms with Crippen LogP contribution in [0.15, 0.2) is 59.4 Å². The zero-order valence-electron chi connectivity index (χ0n) is 18.2. The van der Waals surface area contributed by atoms with Gasteiger partial charge in [0, 0.05) is 18.2 Å². The number of carbonyl (C=O) groups is 1. The predicted molar refractivity (Wildman–Crippen MR) is 119 cm³/mol. The van der Waals surface area contributed by atoms with E-state index in [0.717, 1.165) is 0 Å². The number of amides is 1. The molecule has 9 nitrogen and oxygen atoms in total. The van der Waals surface area contributed by atoms with Gasteiger partial charge in [0.15, 0.2) is 6.61 Å². The zero-order valence-corrected chi connectivity index (χ0v) is 18.2. The van der Waals surface area contributed by atoms with Gasteiger partial charge in [0.2, 0.25) is 0 Å². The molecule has 0 unspecified atom stereocenters. The molecule has 3 rings (SSSR count). The van der Waals surface area contributed by atoms with Crippen molar-refractivity contribution in [3.8, 4) is 34.3 Å². The number of carbonyl (C=O) groups excluding carboxylic acids is 1. The van der Waals surface area contributed by atoms with Crippen molar-refractivity contribution in [3.63, 3.8) is 0 Å². The van der Waals surface area contributed by atoms with Crippen molar-refractivity contribution in [2.75, 3.05) is 34.5 Å². The van der Waals surface area contributed by atoms with Crippen LogP contribution in [0.3, 0.4) is 0 Å². The van der Waals surface area contributed by atoms with E-state index in [2.05, 4.69) is 10.4 Å². The molecule has 0 radical (unpaired) electrons. The van der Waals surface area contributed by atoms with Gasteiger partial charge in [-0.25, -0.2) is 4.68 Å². The highest BCUT2D eigenvalue weighted by Gasteiger charge is 2.11. The molecule has 0 saturated heterocycles. The molecule has 1 amide bonds. The second-order valence-electron chi connectivity index (χ2n) is 6.66. The van der Waals surface area contributed by atoms with Crippen LogP contribution in [0.4, 0.5) is 0 Å².